The van der Waals surface area contributed by atoms with Crippen molar-refractivity contribution in [2.45, 2.75) is 12.8 Å². The largest absolute Gasteiger partial charge is 0.288 e. The van der Waals surface area contributed by atoms with Gasteiger partial charge < -0.3 is 0 Å². The molecule has 0 N–H and O–H groups in total. The molecule has 70 valence electrons. The normalized spacial score (nSPS) is 10.1. The van der Waals surface area contributed by atoms with Gasteiger partial charge in [-0.1, -0.05) is 17.7 Å². The van der Waals surface area contributed by atoms with Gasteiger partial charge in [-0.25, -0.2) is 0 Å². The zero-order valence-electron chi connectivity index (χ0n) is 6.88. The van der Waals surface area contributed by atoms with E-state index in [9.17, 15) is 10.1 Å². The van der Waals surface area contributed by atoms with Crippen LogP contribution in [0, 0.1) is 17.0 Å². The van der Waals surface area contributed by atoms with Crippen LogP contribution in [0.3, 0.4) is 0 Å². The highest BCUT2D eigenvalue weighted by Gasteiger charge is 2.15. The van der Waals surface area contributed by atoms with E-state index in [0.29, 0.717) is 11.1 Å². The summed E-state index contributed by atoms with van der Waals surface area (Å²) in [6, 6.07) is 3.13. The fourth-order valence-electron chi connectivity index (χ4n) is 1.03. The van der Waals surface area contributed by atoms with E-state index in [4.69, 9.17) is 23.2 Å². The molecule has 0 amide bonds. The summed E-state index contributed by atoms with van der Waals surface area (Å²) in [4.78, 5) is 10.0. The van der Waals surface area contributed by atoms with Crippen molar-refractivity contribution in [1.29, 1.82) is 0 Å². The number of nitro benzene ring substituents is 1. The molecule has 5 heteroatoms. The standard InChI is InChI=1S/C8H7Cl2NO2/c1-5-2-6(4-9)3-7(8(5)10)11(12)13/h2-3H,4H2,1H3. The van der Waals surface area contributed by atoms with Gasteiger partial charge in [0.25, 0.3) is 5.69 Å². The highest BCUT2D eigenvalue weighted by atomic mass is 35.5. The van der Waals surface area contributed by atoms with Crippen molar-refractivity contribution in [2.24, 2.45) is 0 Å². The van der Waals surface area contributed by atoms with E-state index >= 15 is 0 Å². The molecule has 3 nitrogen and oxygen atoms in total. The molecule has 1 aromatic rings. The smallest absolute Gasteiger partial charge is 0.258 e. The fourth-order valence-corrected chi connectivity index (χ4v) is 1.37. The molecule has 0 radical (unpaired) electrons. The molecule has 0 aliphatic rings. The van der Waals surface area contributed by atoms with Crippen molar-refractivity contribution in [3.63, 3.8) is 0 Å². The summed E-state index contributed by atoms with van der Waals surface area (Å²) in [6.07, 6.45) is 0. The molecule has 0 bridgehead atoms. The minimum atomic E-state index is -0.509. The van der Waals surface area contributed by atoms with Crippen LogP contribution < -0.4 is 0 Å². The highest BCUT2D eigenvalue weighted by molar-refractivity contribution is 6.33. The molecule has 0 heterocycles. The number of hydrogen-bond donors (Lipinski definition) is 0. The molecule has 0 saturated carbocycles. The number of benzene rings is 1. The molecule has 0 atom stereocenters. The van der Waals surface area contributed by atoms with Crippen molar-refractivity contribution in [1.82, 2.24) is 0 Å². The lowest BCUT2D eigenvalue weighted by atomic mass is 10.1. The average molecular weight is 220 g/mol. The Labute approximate surface area is 85.4 Å². The number of nitrogens with zero attached hydrogens (tertiary/aromatic N) is 1. The Bertz CT molecular complexity index is 352. The van der Waals surface area contributed by atoms with Crippen LogP contribution in [0.15, 0.2) is 12.1 Å². The van der Waals surface area contributed by atoms with E-state index in [1.54, 1.807) is 13.0 Å². The molecule has 0 aliphatic carbocycles. The second kappa shape index (κ2) is 3.94. The molecule has 0 aliphatic heterocycles. The molecule has 0 fully saturated rings. The summed E-state index contributed by atoms with van der Waals surface area (Å²) in [5, 5.41) is 10.7. The third-order valence-corrected chi connectivity index (χ3v) is 2.45. The lowest BCUT2D eigenvalue weighted by Gasteiger charge is -2.01. The Balaban J connectivity index is 3.33. The SMILES string of the molecule is Cc1cc(CCl)cc([N+](=O)[O-])c1Cl. The number of aryl methyl sites for hydroxylation is 1. The van der Waals surface area contributed by atoms with Gasteiger partial charge in [0.05, 0.1) is 4.92 Å². The van der Waals surface area contributed by atoms with Crippen molar-refractivity contribution >= 4 is 28.9 Å². The molecule has 1 aromatic carbocycles. The van der Waals surface area contributed by atoms with Gasteiger partial charge in [-0.2, -0.15) is 0 Å². The lowest BCUT2D eigenvalue weighted by Crippen LogP contribution is -1.93. The lowest BCUT2D eigenvalue weighted by molar-refractivity contribution is -0.384. The third-order valence-electron chi connectivity index (χ3n) is 1.65. The van der Waals surface area contributed by atoms with Crippen molar-refractivity contribution in [3.05, 3.63) is 38.4 Å². The zero-order valence-corrected chi connectivity index (χ0v) is 8.39. The van der Waals surface area contributed by atoms with Gasteiger partial charge in [-0.15, -0.1) is 11.6 Å². The zero-order chi connectivity index (χ0) is 10.0. The average Bonchev–Trinajstić information content (AvgIpc) is 2.09. The quantitative estimate of drug-likeness (QED) is 0.436. The minimum absolute atomic E-state index is 0.0858. The molecule has 1 rings (SSSR count). The van der Waals surface area contributed by atoms with Crippen molar-refractivity contribution in [2.75, 3.05) is 0 Å². The molecular formula is C8H7Cl2NO2. The van der Waals surface area contributed by atoms with Crippen LogP contribution in [0.5, 0.6) is 0 Å². The number of alkyl halides is 1. The predicted octanol–water partition coefficient (Wildman–Crippen LogP) is 3.30. The first-order chi connectivity index (χ1) is 6.06. The summed E-state index contributed by atoms with van der Waals surface area (Å²) in [7, 11) is 0. The topological polar surface area (TPSA) is 43.1 Å². The van der Waals surface area contributed by atoms with Crippen LogP contribution >= 0.6 is 23.2 Å². The van der Waals surface area contributed by atoms with Crippen LogP contribution in [-0.2, 0) is 5.88 Å². The van der Waals surface area contributed by atoms with E-state index in [1.807, 2.05) is 0 Å². The van der Waals surface area contributed by atoms with Gasteiger partial charge in [-0.3, -0.25) is 10.1 Å². The maximum atomic E-state index is 10.5. The Hall–Kier alpha value is -0.800. The van der Waals surface area contributed by atoms with Gasteiger partial charge >= 0.3 is 0 Å². The summed E-state index contributed by atoms with van der Waals surface area (Å²) in [5.41, 5.74) is 1.29. The summed E-state index contributed by atoms with van der Waals surface area (Å²) < 4.78 is 0. The summed E-state index contributed by atoms with van der Waals surface area (Å²) in [6.45, 7) is 1.71. The second-order valence-electron chi connectivity index (χ2n) is 2.64. The van der Waals surface area contributed by atoms with Gasteiger partial charge in [0.15, 0.2) is 0 Å². The van der Waals surface area contributed by atoms with Gasteiger partial charge in [0, 0.05) is 11.9 Å². The molecular weight excluding hydrogens is 213 g/mol. The first-order valence-corrected chi connectivity index (χ1v) is 4.47. The van der Waals surface area contributed by atoms with Gasteiger partial charge in [0.1, 0.15) is 5.02 Å². The van der Waals surface area contributed by atoms with Crippen LogP contribution in [-0.4, -0.2) is 4.92 Å². The molecule has 0 aromatic heterocycles. The van der Waals surface area contributed by atoms with Crippen LogP contribution in [0.1, 0.15) is 11.1 Å². The molecule has 0 saturated heterocycles. The monoisotopic (exact) mass is 219 g/mol. The van der Waals surface area contributed by atoms with E-state index < -0.39 is 4.92 Å². The van der Waals surface area contributed by atoms with E-state index in [2.05, 4.69) is 0 Å². The molecule has 0 unspecified atom stereocenters. The van der Waals surface area contributed by atoms with Crippen LogP contribution in [0.4, 0.5) is 5.69 Å². The van der Waals surface area contributed by atoms with Crippen LogP contribution in [0.25, 0.3) is 0 Å². The summed E-state index contributed by atoms with van der Waals surface area (Å²) in [5.74, 6) is 0.249. The van der Waals surface area contributed by atoms with E-state index in [0.717, 1.165) is 0 Å². The maximum Gasteiger partial charge on any atom is 0.288 e. The first kappa shape index (κ1) is 10.3. The summed E-state index contributed by atoms with van der Waals surface area (Å²) >= 11 is 11.3. The number of nitro groups is 1. The highest BCUT2D eigenvalue weighted by Crippen LogP contribution is 2.29. The fraction of sp³-hybridized carbons (Fsp3) is 0.250. The number of halogens is 2. The number of rotatable bonds is 2. The number of hydrogen-bond acceptors (Lipinski definition) is 2. The van der Waals surface area contributed by atoms with Crippen molar-refractivity contribution < 1.29 is 4.92 Å². The maximum absolute atomic E-state index is 10.5. The molecule has 13 heavy (non-hydrogen) atoms. The van der Waals surface area contributed by atoms with E-state index in [-0.39, 0.29) is 16.6 Å². The van der Waals surface area contributed by atoms with Gasteiger partial charge in [-0.05, 0) is 18.1 Å². The van der Waals surface area contributed by atoms with E-state index in [1.165, 1.54) is 6.07 Å². The first-order valence-electron chi connectivity index (χ1n) is 3.55. The third kappa shape index (κ3) is 2.11. The Morgan fingerprint density at radius 2 is 2.15 bits per heavy atom. The van der Waals surface area contributed by atoms with Crippen molar-refractivity contribution in [3.8, 4) is 0 Å². The predicted molar refractivity (Wildman–Crippen MR) is 52.4 cm³/mol. The van der Waals surface area contributed by atoms with Crippen LogP contribution in [0.2, 0.25) is 5.02 Å². The Morgan fingerprint density at radius 3 is 2.62 bits per heavy atom. The Morgan fingerprint density at radius 1 is 1.54 bits per heavy atom. The molecule has 0 spiro atoms. The Kier molecular flexibility index (Phi) is 3.12. The second-order valence-corrected chi connectivity index (χ2v) is 3.28. The minimum Gasteiger partial charge on any atom is -0.258 e. The van der Waals surface area contributed by atoms with Gasteiger partial charge in [0.2, 0.25) is 0 Å².